The van der Waals surface area contributed by atoms with Crippen molar-refractivity contribution in [2.45, 2.75) is 44.6 Å². The van der Waals surface area contributed by atoms with E-state index in [-0.39, 0.29) is 17.9 Å². The van der Waals surface area contributed by atoms with Gasteiger partial charge in [0.25, 0.3) is 0 Å². The molecule has 0 bridgehead atoms. The van der Waals surface area contributed by atoms with E-state index < -0.39 is 0 Å². The number of nitrogens with zero attached hydrogens (tertiary/aromatic N) is 4. The predicted octanol–water partition coefficient (Wildman–Crippen LogP) is 3.43. The van der Waals surface area contributed by atoms with Crippen molar-refractivity contribution in [2.75, 3.05) is 20.6 Å². The van der Waals surface area contributed by atoms with E-state index in [4.69, 9.17) is 16.1 Å². The number of halogens is 1. The predicted molar refractivity (Wildman–Crippen MR) is 113 cm³/mol. The van der Waals surface area contributed by atoms with Gasteiger partial charge in [0.05, 0.1) is 5.02 Å². The van der Waals surface area contributed by atoms with Crippen molar-refractivity contribution in [3.05, 3.63) is 35.2 Å². The minimum absolute atomic E-state index is 0.129. The Morgan fingerprint density at radius 3 is 2.87 bits per heavy atom. The molecule has 1 aliphatic carbocycles. The molecule has 160 valence electrons. The number of benzene rings is 1. The lowest BCUT2D eigenvalue weighted by atomic mass is 9.88. The van der Waals surface area contributed by atoms with Crippen LogP contribution in [0.1, 0.15) is 38.0 Å². The molecular formula is C22H27ClN4O3. The number of rotatable bonds is 6. The summed E-state index contributed by atoms with van der Waals surface area (Å²) in [6.45, 7) is 0.812. The largest absolute Gasteiger partial charge is 0.345 e. The van der Waals surface area contributed by atoms with E-state index in [1.165, 1.54) is 0 Å². The van der Waals surface area contributed by atoms with Crippen LogP contribution in [0.15, 0.2) is 28.8 Å². The summed E-state index contributed by atoms with van der Waals surface area (Å²) < 4.78 is 5.32. The van der Waals surface area contributed by atoms with Crippen molar-refractivity contribution in [2.24, 2.45) is 11.8 Å². The molecule has 1 saturated heterocycles. The number of hydrogen-bond donors (Lipinski definition) is 0. The molecule has 8 heteroatoms. The highest BCUT2D eigenvalue weighted by molar-refractivity contribution is 6.33. The van der Waals surface area contributed by atoms with Gasteiger partial charge >= 0.3 is 0 Å². The first-order chi connectivity index (χ1) is 14.4. The fourth-order valence-electron chi connectivity index (χ4n) is 4.68. The number of fused-ring (bicyclic) bond motifs is 1. The fraction of sp³-hybridized carbons (Fsp3) is 0.545. The third-order valence-corrected chi connectivity index (χ3v) is 6.82. The Morgan fingerprint density at radius 1 is 1.30 bits per heavy atom. The van der Waals surface area contributed by atoms with Gasteiger partial charge in [-0.25, -0.2) is 0 Å². The second kappa shape index (κ2) is 8.76. The van der Waals surface area contributed by atoms with Crippen molar-refractivity contribution in [3.63, 3.8) is 0 Å². The van der Waals surface area contributed by atoms with Crippen LogP contribution in [-0.4, -0.2) is 58.4 Å². The summed E-state index contributed by atoms with van der Waals surface area (Å²) in [5.41, 5.74) is 0.733. The van der Waals surface area contributed by atoms with Crippen molar-refractivity contribution in [3.8, 4) is 11.4 Å². The van der Waals surface area contributed by atoms with Gasteiger partial charge in [0.2, 0.25) is 23.5 Å². The zero-order valence-electron chi connectivity index (χ0n) is 17.4. The summed E-state index contributed by atoms with van der Waals surface area (Å²) in [4.78, 5) is 32.7. The molecule has 0 unspecified atom stereocenters. The lowest BCUT2D eigenvalue weighted by Gasteiger charge is -2.31. The van der Waals surface area contributed by atoms with Crippen LogP contribution in [0.3, 0.4) is 0 Å². The summed E-state index contributed by atoms with van der Waals surface area (Å²) in [5.74, 6) is 2.25. The first kappa shape index (κ1) is 20.8. The molecule has 2 heterocycles. The Morgan fingerprint density at radius 2 is 2.07 bits per heavy atom. The number of carbonyl (C=O) groups excluding carboxylic acids is 2. The third kappa shape index (κ3) is 4.36. The number of carbonyl (C=O) groups is 2. The Labute approximate surface area is 181 Å². The van der Waals surface area contributed by atoms with E-state index in [9.17, 15) is 9.59 Å². The average Bonchev–Trinajstić information content (AvgIpc) is 3.35. The first-order valence-electron chi connectivity index (χ1n) is 10.5. The van der Waals surface area contributed by atoms with Gasteiger partial charge in [-0.2, -0.15) is 4.98 Å². The Kier molecular flexibility index (Phi) is 6.09. The van der Waals surface area contributed by atoms with Crippen LogP contribution in [0.5, 0.6) is 0 Å². The molecule has 30 heavy (non-hydrogen) atoms. The van der Waals surface area contributed by atoms with Gasteiger partial charge in [0, 0.05) is 51.5 Å². The molecule has 1 aliphatic heterocycles. The molecule has 2 aromatic rings. The second-order valence-corrected chi connectivity index (χ2v) is 8.88. The van der Waals surface area contributed by atoms with E-state index in [1.807, 2.05) is 42.1 Å². The third-order valence-electron chi connectivity index (χ3n) is 6.49. The molecule has 4 rings (SSSR count). The maximum Gasteiger partial charge on any atom is 0.226 e. The van der Waals surface area contributed by atoms with Crippen molar-refractivity contribution in [1.29, 1.82) is 0 Å². The van der Waals surface area contributed by atoms with Gasteiger partial charge in [0.15, 0.2) is 0 Å². The van der Waals surface area contributed by atoms with Crippen LogP contribution in [0.2, 0.25) is 5.02 Å². The van der Waals surface area contributed by atoms with Gasteiger partial charge in [-0.15, -0.1) is 0 Å². The van der Waals surface area contributed by atoms with Gasteiger partial charge in [0.1, 0.15) is 0 Å². The van der Waals surface area contributed by atoms with E-state index in [1.54, 1.807) is 6.07 Å². The molecule has 1 aromatic heterocycles. The summed E-state index contributed by atoms with van der Waals surface area (Å²) in [5, 5.41) is 4.57. The van der Waals surface area contributed by atoms with Gasteiger partial charge in [-0.05, 0) is 43.2 Å². The molecule has 2 aliphatic rings. The maximum absolute atomic E-state index is 12.7. The SMILES string of the molecule is CN1C[C@@H]2C[C@H](N(C)C(=O)CCCc3nc(-c4ccccc4Cl)no3)C[C@@H]2CC1=O. The summed E-state index contributed by atoms with van der Waals surface area (Å²) in [6, 6.07) is 7.58. The molecule has 3 atom stereocenters. The van der Waals surface area contributed by atoms with Crippen LogP contribution >= 0.6 is 11.6 Å². The number of amides is 2. The van der Waals surface area contributed by atoms with E-state index in [0.29, 0.717) is 54.3 Å². The number of likely N-dealkylation sites (tertiary alicyclic amines) is 1. The molecular weight excluding hydrogens is 404 g/mol. The molecule has 2 fully saturated rings. The number of aromatic nitrogens is 2. The molecule has 1 aromatic carbocycles. The minimum atomic E-state index is 0.129. The lowest BCUT2D eigenvalue weighted by Crippen LogP contribution is -2.39. The van der Waals surface area contributed by atoms with Crippen LogP contribution in [0, 0.1) is 11.8 Å². The quantitative estimate of drug-likeness (QED) is 0.701. The number of piperidine rings is 1. The van der Waals surface area contributed by atoms with Gasteiger partial charge < -0.3 is 14.3 Å². The van der Waals surface area contributed by atoms with Crippen molar-refractivity contribution in [1.82, 2.24) is 19.9 Å². The van der Waals surface area contributed by atoms with Crippen LogP contribution in [0.4, 0.5) is 0 Å². The minimum Gasteiger partial charge on any atom is -0.345 e. The van der Waals surface area contributed by atoms with Crippen LogP contribution in [0.25, 0.3) is 11.4 Å². The second-order valence-electron chi connectivity index (χ2n) is 8.47. The number of aryl methyl sites for hydroxylation is 1. The smallest absolute Gasteiger partial charge is 0.226 e. The van der Waals surface area contributed by atoms with E-state index in [2.05, 4.69) is 10.1 Å². The Hall–Kier alpha value is -2.41. The van der Waals surface area contributed by atoms with E-state index in [0.717, 1.165) is 24.9 Å². The first-order valence-corrected chi connectivity index (χ1v) is 10.9. The monoisotopic (exact) mass is 430 g/mol. The molecule has 0 spiro atoms. The zero-order chi connectivity index (χ0) is 21.3. The van der Waals surface area contributed by atoms with Gasteiger partial charge in [-0.3, -0.25) is 9.59 Å². The normalized spacial score (nSPS) is 23.5. The number of hydrogen-bond acceptors (Lipinski definition) is 5. The van der Waals surface area contributed by atoms with Crippen LogP contribution in [-0.2, 0) is 16.0 Å². The highest BCUT2D eigenvalue weighted by Gasteiger charge is 2.42. The fourth-order valence-corrected chi connectivity index (χ4v) is 4.90. The zero-order valence-corrected chi connectivity index (χ0v) is 18.1. The lowest BCUT2D eigenvalue weighted by molar-refractivity contribution is -0.135. The Bertz CT molecular complexity index is 931. The van der Waals surface area contributed by atoms with Gasteiger partial charge in [-0.1, -0.05) is 28.9 Å². The van der Waals surface area contributed by atoms with Crippen LogP contribution < -0.4 is 0 Å². The summed E-state index contributed by atoms with van der Waals surface area (Å²) in [6.07, 6.45) is 4.16. The summed E-state index contributed by atoms with van der Waals surface area (Å²) in [7, 11) is 3.76. The Balaban J connectivity index is 1.26. The maximum atomic E-state index is 12.7. The molecule has 0 radical (unpaired) electrons. The highest BCUT2D eigenvalue weighted by atomic mass is 35.5. The summed E-state index contributed by atoms with van der Waals surface area (Å²) >= 11 is 6.18. The molecule has 0 N–H and O–H groups in total. The van der Waals surface area contributed by atoms with Crippen molar-refractivity contribution >= 4 is 23.4 Å². The topological polar surface area (TPSA) is 79.5 Å². The molecule has 2 amide bonds. The molecule has 1 saturated carbocycles. The molecule has 7 nitrogen and oxygen atoms in total. The van der Waals surface area contributed by atoms with Crippen molar-refractivity contribution < 1.29 is 14.1 Å². The standard InChI is InChI=1S/C22H27ClN4O3/c1-26-13-15-11-16(10-14(15)12-21(26)29)27(2)20(28)9-5-8-19-24-22(25-30-19)17-6-3-4-7-18(17)23/h3-4,6-7,14-16H,5,8-13H2,1-2H3/t14-,15+,16-/m1/s1. The highest BCUT2D eigenvalue weighted by Crippen LogP contribution is 2.40. The average molecular weight is 431 g/mol. The van der Waals surface area contributed by atoms with E-state index >= 15 is 0 Å².